The molecule has 0 bridgehead atoms. The van der Waals surface area contributed by atoms with E-state index in [-0.39, 0.29) is 0 Å². The zero-order valence-corrected chi connectivity index (χ0v) is 31.8. The molecule has 0 aliphatic carbocycles. The fourth-order valence-electron chi connectivity index (χ4n) is 6.66. The highest BCUT2D eigenvalue weighted by molar-refractivity contribution is 7.11. The summed E-state index contributed by atoms with van der Waals surface area (Å²) in [6, 6.07) is 47.6. The van der Waals surface area contributed by atoms with Gasteiger partial charge in [0.1, 0.15) is 0 Å². The molecular weight excluding hydrogens is 665 g/mol. The molecule has 0 saturated heterocycles. The van der Waals surface area contributed by atoms with Crippen molar-refractivity contribution >= 4 is 70.3 Å². The van der Waals surface area contributed by atoms with Crippen LogP contribution in [0.4, 0.5) is 0 Å². The highest BCUT2D eigenvalue weighted by Crippen LogP contribution is 2.32. The van der Waals surface area contributed by atoms with Crippen LogP contribution in [0.2, 0.25) is 0 Å². The van der Waals surface area contributed by atoms with E-state index in [9.17, 15) is 0 Å². The third-order valence-corrected chi connectivity index (χ3v) is 11.7. The molecule has 7 rings (SSSR count). The summed E-state index contributed by atoms with van der Waals surface area (Å²) in [5.41, 5.74) is 17.6. The first-order valence-corrected chi connectivity index (χ1v) is 19.5. The predicted molar refractivity (Wildman–Crippen MR) is 232 cm³/mol. The van der Waals surface area contributed by atoms with Crippen molar-refractivity contribution in [3.63, 3.8) is 0 Å². The molecule has 0 amide bonds. The molecule has 0 spiro atoms. The van der Waals surface area contributed by atoms with Crippen molar-refractivity contribution < 1.29 is 0 Å². The molecule has 0 fully saturated rings. The first kappa shape index (κ1) is 34.9. The van der Waals surface area contributed by atoms with Gasteiger partial charge in [0, 0.05) is 9.75 Å². The van der Waals surface area contributed by atoms with Crippen molar-refractivity contribution in [1.29, 1.82) is 0 Å². The number of hydrogen-bond acceptors (Lipinski definition) is 2. The molecular formula is C50H42S2. The molecule has 0 nitrogen and oxygen atoms in total. The van der Waals surface area contributed by atoms with E-state index >= 15 is 0 Å². The quantitative estimate of drug-likeness (QED) is 0.124. The molecule has 2 heterocycles. The smallest absolute Gasteiger partial charge is 0.0348 e. The van der Waals surface area contributed by atoms with E-state index < -0.39 is 0 Å². The predicted octanol–water partition coefficient (Wildman–Crippen LogP) is 14.6. The Hall–Kier alpha value is -5.54. The van der Waals surface area contributed by atoms with Crippen LogP contribution in [0.15, 0.2) is 144 Å². The van der Waals surface area contributed by atoms with Crippen LogP contribution < -0.4 is 0 Å². The Kier molecular flexibility index (Phi) is 10.9. The van der Waals surface area contributed by atoms with E-state index in [1.807, 2.05) is 0 Å². The van der Waals surface area contributed by atoms with E-state index in [1.165, 1.54) is 87.7 Å². The van der Waals surface area contributed by atoms with Crippen LogP contribution in [-0.4, -0.2) is 0 Å². The molecule has 0 radical (unpaired) electrons. The number of rotatable bonds is 10. The van der Waals surface area contributed by atoms with Gasteiger partial charge in [-0.25, -0.2) is 0 Å². The van der Waals surface area contributed by atoms with Gasteiger partial charge in [0.05, 0.1) is 0 Å². The molecule has 52 heavy (non-hydrogen) atoms. The van der Waals surface area contributed by atoms with Crippen molar-refractivity contribution in [3.8, 4) is 0 Å². The summed E-state index contributed by atoms with van der Waals surface area (Å²) in [6.07, 6.45) is 13.6. The van der Waals surface area contributed by atoms with Crippen LogP contribution in [-0.2, 0) is 0 Å². The van der Waals surface area contributed by atoms with Gasteiger partial charge in [0.15, 0.2) is 0 Å². The largest absolute Gasteiger partial charge is 0.144 e. The van der Waals surface area contributed by atoms with Crippen LogP contribution in [0.5, 0.6) is 0 Å². The molecule has 0 atom stereocenters. The average molecular weight is 707 g/mol. The van der Waals surface area contributed by atoms with Gasteiger partial charge < -0.3 is 0 Å². The van der Waals surface area contributed by atoms with Gasteiger partial charge >= 0.3 is 0 Å². The summed E-state index contributed by atoms with van der Waals surface area (Å²) in [6.45, 7) is 9.01. The third-order valence-electron chi connectivity index (χ3n) is 9.86. The normalized spacial score (nSPS) is 12.3. The summed E-state index contributed by atoms with van der Waals surface area (Å²) in [7, 11) is 0. The van der Waals surface area contributed by atoms with Crippen LogP contribution in [0.1, 0.15) is 76.5 Å². The van der Waals surface area contributed by atoms with E-state index in [4.69, 9.17) is 0 Å². The molecule has 0 aliphatic heterocycles. The number of hydrogen-bond donors (Lipinski definition) is 0. The number of benzene rings is 5. The molecule has 2 aromatic heterocycles. The molecule has 0 N–H and O–H groups in total. The van der Waals surface area contributed by atoms with Gasteiger partial charge in [-0.1, -0.05) is 146 Å². The van der Waals surface area contributed by atoms with Crippen LogP contribution in [0.3, 0.4) is 0 Å². The second-order valence-corrected chi connectivity index (χ2v) is 15.0. The monoisotopic (exact) mass is 706 g/mol. The molecule has 5 aromatic carbocycles. The Balaban J connectivity index is 1.09. The first-order valence-electron chi connectivity index (χ1n) is 17.7. The summed E-state index contributed by atoms with van der Waals surface area (Å²) in [4.78, 5) is 2.55. The lowest BCUT2D eigenvalue weighted by Gasteiger charge is -2.17. The van der Waals surface area contributed by atoms with Gasteiger partial charge in [0.2, 0.25) is 0 Å². The minimum atomic E-state index is 1.19. The summed E-state index contributed by atoms with van der Waals surface area (Å²) in [5, 5.41) is 4.28. The second kappa shape index (κ2) is 16.2. The van der Waals surface area contributed by atoms with E-state index in [0.717, 1.165) is 0 Å². The highest BCUT2D eigenvalue weighted by Gasteiger charge is 2.12. The van der Waals surface area contributed by atoms with Crippen molar-refractivity contribution in [2.75, 3.05) is 0 Å². The van der Waals surface area contributed by atoms with Crippen molar-refractivity contribution in [3.05, 3.63) is 221 Å². The van der Waals surface area contributed by atoms with Crippen LogP contribution in [0.25, 0.3) is 47.6 Å². The fourth-order valence-corrected chi connectivity index (χ4v) is 8.19. The maximum absolute atomic E-state index is 2.29. The third kappa shape index (κ3) is 8.00. The summed E-state index contributed by atoms with van der Waals surface area (Å²) >= 11 is 3.55. The Labute approximate surface area is 317 Å². The van der Waals surface area contributed by atoms with Gasteiger partial charge in [-0.05, 0) is 141 Å². The minimum absolute atomic E-state index is 1.19. The molecule has 0 saturated carbocycles. The molecule has 2 heteroatoms. The van der Waals surface area contributed by atoms with E-state index in [0.29, 0.717) is 0 Å². The maximum atomic E-state index is 2.29. The SMILES string of the molecule is Cc1c(C)c(C=Cc2ccc(C=C(c3ccccc3)c3cccs3)cc2)c(C)c(C)c1C=Cc1ccc(C=C(c2ccccc2)c2cccs2)cc1. The fraction of sp³-hybridized carbons (Fsp3) is 0.0800. The molecule has 7 aromatic rings. The Bertz CT molecular complexity index is 2160. The maximum Gasteiger partial charge on any atom is 0.0348 e. The second-order valence-electron chi connectivity index (χ2n) is 13.1. The Morgan fingerprint density at radius 1 is 0.365 bits per heavy atom. The van der Waals surface area contributed by atoms with E-state index in [1.54, 1.807) is 22.7 Å². The van der Waals surface area contributed by atoms with Gasteiger partial charge in [0.25, 0.3) is 0 Å². The zero-order chi connectivity index (χ0) is 35.9. The van der Waals surface area contributed by atoms with Crippen molar-refractivity contribution in [2.24, 2.45) is 0 Å². The van der Waals surface area contributed by atoms with Crippen molar-refractivity contribution in [2.45, 2.75) is 27.7 Å². The molecule has 0 aliphatic rings. The lowest BCUT2D eigenvalue weighted by molar-refractivity contribution is 1.21. The first-order chi connectivity index (χ1) is 25.4. The molecule has 0 unspecified atom stereocenters. The van der Waals surface area contributed by atoms with E-state index in [2.05, 4.69) is 208 Å². The van der Waals surface area contributed by atoms with Crippen molar-refractivity contribution in [1.82, 2.24) is 0 Å². The topological polar surface area (TPSA) is 0 Å². The van der Waals surface area contributed by atoms with Crippen LogP contribution >= 0.6 is 22.7 Å². The minimum Gasteiger partial charge on any atom is -0.144 e. The standard InChI is InChI=1S/C50H42S2/c1-35-36(2)46(30-28-40-21-25-42(26-22-40)34-48(50-18-12-32-52-50)44-15-9-6-10-16-44)38(4)37(3)45(35)29-27-39-19-23-41(24-20-39)33-47(49-17-11-31-51-49)43-13-7-5-8-14-43/h5-34H,1-4H3. The van der Waals surface area contributed by atoms with Gasteiger partial charge in [-0.15, -0.1) is 22.7 Å². The summed E-state index contributed by atoms with van der Waals surface area (Å²) < 4.78 is 0. The van der Waals surface area contributed by atoms with Gasteiger partial charge in [-0.2, -0.15) is 0 Å². The average Bonchev–Trinajstić information content (AvgIpc) is 3.93. The number of thiophene rings is 2. The highest BCUT2D eigenvalue weighted by atomic mass is 32.1. The Morgan fingerprint density at radius 2 is 0.712 bits per heavy atom. The molecule has 254 valence electrons. The van der Waals surface area contributed by atoms with Crippen LogP contribution in [0, 0.1) is 27.7 Å². The zero-order valence-electron chi connectivity index (χ0n) is 30.1. The summed E-state index contributed by atoms with van der Waals surface area (Å²) in [5.74, 6) is 0. The lowest BCUT2D eigenvalue weighted by atomic mass is 9.88. The Morgan fingerprint density at radius 3 is 1.04 bits per heavy atom. The van der Waals surface area contributed by atoms with Gasteiger partial charge in [-0.3, -0.25) is 0 Å². The lowest BCUT2D eigenvalue weighted by Crippen LogP contribution is -1.99.